The minimum atomic E-state index is -1.20. The van der Waals surface area contributed by atoms with Crippen LogP contribution in [-0.4, -0.2) is 35.0 Å². The van der Waals surface area contributed by atoms with Crippen LogP contribution in [0.3, 0.4) is 0 Å². The fraction of sp³-hybridized carbons (Fsp3) is 0.750. The van der Waals surface area contributed by atoms with E-state index in [1.165, 1.54) is 0 Å². The Kier molecular flexibility index (Phi) is 6.47. The normalized spacial score (nSPS) is 14.5. The van der Waals surface area contributed by atoms with Crippen molar-refractivity contribution in [3.8, 4) is 0 Å². The van der Waals surface area contributed by atoms with Crippen molar-refractivity contribution in [2.45, 2.75) is 52.1 Å². The van der Waals surface area contributed by atoms with E-state index in [9.17, 15) is 14.4 Å². The molecule has 2 atom stereocenters. The highest BCUT2D eigenvalue weighted by Crippen LogP contribution is 2.19. The second-order valence-electron chi connectivity index (χ2n) is 5.64. The first-order valence-electron chi connectivity index (χ1n) is 6.10. The predicted molar refractivity (Wildman–Crippen MR) is 70.0 cm³/mol. The molecule has 7 heteroatoms. The van der Waals surface area contributed by atoms with Gasteiger partial charge in [0.05, 0.1) is 0 Å². The topological polar surface area (TPSA) is 136 Å². The van der Waals surface area contributed by atoms with Crippen molar-refractivity contribution in [2.75, 3.05) is 0 Å². The molecule has 0 aromatic carbocycles. The summed E-state index contributed by atoms with van der Waals surface area (Å²) in [6.45, 7) is 5.69. The molecule has 0 rings (SSSR count). The highest BCUT2D eigenvalue weighted by atomic mass is 16.4. The molecule has 19 heavy (non-hydrogen) atoms. The molecule has 0 fully saturated rings. The number of hydrogen-bond donors (Lipinski definition) is 4. The summed E-state index contributed by atoms with van der Waals surface area (Å²) < 4.78 is 0. The van der Waals surface area contributed by atoms with Crippen LogP contribution in [0.25, 0.3) is 0 Å². The van der Waals surface area contributed by atoms with Crippen LogP contribution in [0.5, 0.6) is 0 Å². The molecule has 0 aliphatic carbocycles. The van der Waals surface area contributed by atoms with E-state index >= 15 is 0 Å². The number of nitrogens with one attached hydrogen (secondary N) is 1. The van der Waals surface area contributed by atoms with E-state index in [2.05, 4.69) is 5.32 Å². The second-order valence-corrected chi connectivity index (χ2v) is 5.64. The summed E-state index contributed by atoms with van der Waals surface area (Å²) >= 11 is 0. The molecule has 0 spiro atoms. The van der Waals surface area contributed by atoms with Crippen LogP contribution in [-0.2, 0) is 14.4 Å². The molecule has 2 amide bonds. The summed E-state index contributed by atoms with van der Waals surface area (Å²) in [5.74, 6) is -2.25. The van der Waals surface area contributed by atoms with Crippen LogP contribution in [0, 0.1) is 5.41 Å². The van der Waals surface area contributed by atoms with Gasteiger partial charge in [-0.2, -0.15) is 0 Å². The Labute approximate surface area is 112 Å². The number of carbonyl (C=O) groups excluding carboxylic acids is 2. The van der Waals surface area contributed by atoms with Crippen molar-refractivity contribution < 1.29 is 19.5 Å². The third kappa shape index (κ3) is 7.40. The number of primary amides is 1. The molecule has 0 radical (unpaired) electrons. The number of carboxylic acids is 1. The van der Waals surface area contributed by atoms with Gasteiger partial charge < -0.3 is 21.9 Å². The quantitative estimate of drug-likeness (QED) is 0.499. The molecule has 6 N–H and O–H groups in total. The third-order valence-electron chi connectivity index (χ3n) is 2.83. The number of amides is 2. The minimum Gasteiger partial charge on any atom is -0.480 e. The van der Waals surface area contributed by atoms with Crippen LogP contribution in [0.2, 0.25) is 0 Å². The monoisotopic (exact) mass is 273 g/mol. The lowest BCUT2D eigenvalue weighted by Crippen LogP contribution is -2.45. The highest BCUT2D eigenvalue weighted by Gasteiger charge is 2.26. The molecule has 1 unspecified atom stereocenters. The summed E-state index contributed by atoms with van der Waals surface area (Å²) in [6.07, 6.45) is -0.0897. The van der Waals surface area contributed by atoms with Crippen molar-refractivity contribution in [3.63, 3.8) is 0 Å². The molecule has 0 bridgehead atoms. The summed E-state index contributed by atoms with van der Waals surface area (Å²) in [7, 11) is 0. The lowest BCUT2D eigenvalue weighted by Gasteiger charge is -2.27. The fourth-order valence-electron chi connectivity index (χ4n) is 1.30. The van der Waals surface area contributed by atoms with Crippen LogP contribution in [0.4, 0.5) is 0 Å². The van der Waals surface area contributed by atoms with Gasteiger partial charge in [-0.25, -0.2) is 4.79 Å². The number of carboxylic acid groups (broad SMARTS) is 1. The van der Waals surface area contributed by atoms with Gasteiger partial charge in [0, 0.05) is 18.9 Å². The molecule has 7 nitrogen and oxygen atoms in total. The lowest BCUT2D eigenvalue weighted by atomic mass is 9.85. The standard InChI is InChI=1S/C12H23N3O4/c1-12(2,3)8(13)6-10(17)15-7(11(18)19)4-5-9(14)16/h7-8H,4-6,13H2,1-3H3,(H2,14,16)(H,15,17)(H,18,19)/t7-,8?/m0/s1. The molecule has 0 aromatic heterocycles. The van der Waals surface area contributed by atoms with Gasteiger partial charge in [-0.15, -0.1) is 0 Å². The predicted octanol–water partition coefficient (Wildman–Crippen LogP) is -0.415. The number of aliphatic carboxylic acids is 1. The molecule has 0 saturated carbocycles. The van der Waals surface area contributed by atoms with E-state index < -0.39 is 23.8 Å². The van der Waals surface area contributed by atoms with E-state index in [0.717, 1.165) is 0 Å². The Morgan fingerprint density at radius 1 is 1.26 bits per heavy atom. The fourth-order valence-corrected chi connectivity index (χ4v) is 1.30. The van der Waals surface area contributed by atoms with Gasteiger partial charge in [0.2, 0.25) is 11.8 Å². The molecule has 0 saturated heterocycles. The van der Waals surface area contributed by atoms with Gasteiger partial charge in [-0.1, -0.05) is 20.8 Å². The van der Waals surface area contributed by atoms with Crippen LogP contribution >= 0.6 is 0 Å². The van der Waals surface area contributed by atoms with Gasteiger partial charge >= 0.3 is 5.97 Å². The Morgan fingerprint density at radius 3 is 2.16 bits per heavy atom. The third-order valence-corrected chi connectivity index (χ3v) is 2.83. The van der Waals surface area contributed by atoms with Crippen molar-refractivity contribution >= 4 is 17.8 Å². The Balaban J connectivity index is 4.40. The molecule has 0 aromatic rings. The van der Waals surface area contributed by atoms with Gasteiger partial charge in [0.25, 0.3) is 0 Å². The van der Waals surface area contributed by atoms with Crippen LogP contribution in [0.1, 0.15) is 40.0 Å². The Bertz CT molecular complexity index is 349. The Hall–Kier alpha value is -1.63. The molecule has 0 aliphatic rings. The first-order valence-corrected chi connectivity index (χ1v) is 6.10. The van der Waals surface area contributed by atoms with Gasteiger partial charge in [0.1, 0.15) is 6.04 Å². The van der Waals surface area contributed by atoms with Gasteiger partial charge in [-0.3, -0.25) is 9.59 Å². The lowest BCUT2D eigenvalue weighted by molar-refractivity contribution is -0.142. The number of carbonyl (C=O) groups is 3. The Morgan fingerprint density at radius 2 is 1.79 bits per heavy atom. The SMILES string of the molecule is CC(C)(C)C(N)CC(=O)N[C@@H](CCC(N)=O)C(=O)O. The zero-order chi connectivity index (χ0) is 15.2. The van der Waals surface area contributed by atoms with E-state index in [-0.39, 0.29) is 30.7 Å². The van der Waals surface area contributed by atoms with Crippen LogP contribution in [0.15, 0.2) is 0 Å². The highest BCUT2D eigenvalue weighted by molar-refractivity contribution is 5.84. The molecule has 110 valence electrons. The minimum absolute atomic E-state index is 0.0266. The van der Waals surface area contributed by atoms with Gasteiger partial charge in [0.15, 0.2) is 0 Å². The van der Waals surface area contributed by atoms with E-state index in [1.807, 2.05) is 20.8 Å². The number of hydrogen-bond acceptors (Lipinski definition) is 4. The zero-order valence-corrected chi connectivity index (χ0v) is 11.6. The van der Waals surface area contributed by atoms with E-state index in [0.29, 0.717) is 0 Å². The average Bonchev–Trinajstić information content (AvgIpc) is 2.21. The number of rotatable bonds is 7. The summed E-state index contributed by atoms with van der Waals surface area (Å²) in [6, 6.07) is -1.50. The molecular weight excluding hydrogens is 250 g/mol. The second kappa shape index (κ2) is 7.08. The van der Waals surface area contributed by atoms with Crippen molar-refractivity contribution in [3.05, 3.63) is 0 Å². The largest absolute Gasteiger partial charge is 0.480 e. The molecule has 0 heterocycles. The van der Waals surface area contributed by atoms with Crippen LogP contribution < -0.4 is 16.8 Å². The maximum atomic E-state index is 11.7. The zero-order valence-electron chi connectivity index (χ0n) is 11.6. The first kappa shape index (κ1) is 17.4. The summed E-state index contributed by atoms with van der Waals surface area (Å²) in [4.78, 5) is 33.2. The number of nitrogens with two attached hydrogens (primary N) is 2. The van der Waals surface area contributed by atoms with Crippen molar-refractivity contribution in [1.82, 2.24) is 5.32 Å². The first-order chi connectivity index (χ1) is 8.54. The summed E-state index contributed by atoms with van der Waals surface area (Å²) in [5, 5.41) is 11.3. The molecular formula is C12H23N3O4. The molecule has 0 aliphatic heterocycles. The average molecular weight is 273 g/mol. The van der Waals surface area contributed by atoms with Crippen molar-refractivity contribution in [2.24, 2.45) is 16.9 Å². The van der Waals surface area contributed by atoms with E-state index in [4.69, 9.17) is 16.6 Å². The summed E-state index contributed by atoms with van der Waals surface area (Å²) in [5.41, 5.74) is 10.5. The maximum Gasteiger partial charge on any atom is 0.326 e. The van der Waals surface area contributed by atoms with Crippen molar-refractivity contribution in [1.29, 1.82) is 0 Å². The van der Waals surface area contributed by atoms with E-state index in [1.54, 1.807) is 0 Å². The maximum absolute atomic E-state index is 11.7. The van der Waals surface area contributed by atoms with Gasteiger partial charge in [-0.05, 0) is 11.8 Å². The smallest absolute Gasteiger partial charge is 0.326 e.